The van der Waals surface area contributed by atoms with Crippen molar-refractivity contribution in [3.63, 3.8) is 0 Å². The summed E-state index contributed by atoms with van der Waals surface area (Å²) in [5.41, 5.74) is 2.13. The third-order valence-electron chi connectivity index (χ3n) is 4.29. The van der Waals surface area contributed by atoms with Crippen LogP contribution in [0.25, 0.3) is 10.8 Å². The van der Waals surface area contributed by atoms with E-state index in [9.17, 15) is 4.79 Å². The van der Waals surface area contributed by atoms with Crippen molar-refractivity contribution < 1.29 is 19.0 Å². The number of fused-ring (bicyclic) bond motifs is 2. The van der Waals surface area contributed by atoms with Gasteiger partial charge in [0.2, 0.25) is 0 Å². The Morgan fingerprint density at radius 2 is 1.92 bits per heavy atom. The van der Waals surface area contributed by atoms with E-state index in [2.05, 4.69) is 4.98 Å². The zero-order chi connectivity index (χ0) is 16.7. The van der Waals surface area contributed by atoms with E-state index in [0.717, 1.165) is 21.9 Å². The molecular formula is C19H15NO4. The molecule has 5 heteroatoms. The Balaban J connectivity index is 1.93. The lowest BCUT2D eigenvalue weighted by molar-refractivity contribution is 0.0456. The number of esters is 1. The summed E-state index contributed by atoms with van der Waals surface area (Å²) in [5, 5.41) is 2.01. The van der Waals surface area contributed by atoms with E-state index in [1.807, 2.05) is 30.3 Å². The highest BCUT2D eigenvalue weighted by Crippen LogP contribution is 2.45. The van der Waals surface area contributed by atoms with Gasteiger partial charge < -0.3 is 14.2 Å². The van der Waals surface area contributed by atoms with E-state index in [-0.39, 0.29) is 0 Å². The molecule has 1 atom stereocenters. The van der Waals surface area contributed by atoms with Crippen LogP contribution in [0.5, 0.6) is 11.5 Å². The van der Waals surface area contributed by atoms with E-state index in [1.165, 1.54) is 7.11 Å². The summed E-state index contributed by atoms with van der Waals surface area (Å²) in [6.07, 6.45) is 3.06. The quantitative estimate of drug-likeness (QED) is 0.691. The molecule has 2 heterocycles. The Bertz CT molecular complexity index is 946. The maximum Gasteiger partial charge on any atom is 0.343 e. The molecule has 1 aliphatic rings. The molecule has 0 saturated carbocycles. The van der Waals surface area contributed by atoms with Crippen LogP contribution in [0.2, 0.25) is 0 Å². The second kappa shape index (κ2) is 5.53. The molecule has 0 fully saturated rings. The molecule has 4 rings (SSSR count). The molecule has 1 aliphatic heterocycles. The average molecular weight is 321 g/mol. The number of methoxy groups -OCH3 is 2. The maximum atomic E-state index is 12.5. The summed E-state index contributed by atoms with van der Waals surface area (Å²) in [7, 11) is 3.06. The van der Waals surface area contributed by atoms with Crippen LogP contribution < -0.4 is 9.47 Å². The Labute approximate surface area is 138 Å². The highest BCUT2D eigenvalue weighted by Gasteiger charge is 2.37. The van der Waals surface area contributed by atoms with Crippen molar-refractivity contribution in [1.82, 2.24) is 4.98 Å². The van der Waals surface area contributed by atoms with Gasteiger partial charge in [0, 0.05) is 28.9 Å². The van der Waals surface area contributed by atoms with Gasteiger partial charge in [-0.2, -0.15) is 0 Å². The van der Waals surface area contributed by atoms with Gasteiger partial charge >= 0.3 is 5.97 Å². The number of carbonyl (C=O) groups is 1. The van der Waals surface area contributed by atoms with Gasteiger partial charge in [0.25, 0.3) is 0 Å². The summed E-state index contributed by atoms with van der Waals surface area (Å²) in [6, 6.07) is 11.5. The Morgan fingerprint density at radius 1 is 1.04 bits per heavy atom. The molecular weight excluding hydrogens is 306 g/mol. The first kappa shape index (κ1) is 14.5. The molecule has 0 bridgehead atoms. The van der Waals surface area contributed by atoms with Crippen LogP contribution in [-0.2, 0) is 4.74 Å². The molecule has 2 aromatic carbocycles. The van der Waals surface area contributed by atoms with E-state index >= 15 is 0 Å². The van der Waals surface area contributed by atoms with Crippen molar-refractivity contribution in [2.24, 2.45) is 0 Å². The predicted molar refractivity (Wildman–Crippen MR) is 88.5 cm³/mol. The maximum absolute atomic E-state index is 12.5. The zero-order valence-corrected chi connectivity index (χ0v) is 13.3. The molecule has 0 saturated heterocycles. The van der Waals surface area contributed by atoms with E-state index in [1.54, 1.807) is 25.6 Å². The molecule has 24 heavy (non-hydrogen) atoms. The number of hydrogen-bond donors (Lipinski definition) is 0. The molecule has 0 radical (unpaired) electrons. The minimum atomic E-state index is -0.474. The monoisotopic (exact) mass is 321 g/mol. The van der Waals surface area contributed by atoms with Gasteiger partial charge in [-0.05, 0) is 17.5 Å². The molecule has 0 aliphatic carbocycles. The Morgan fingerprint density at radius 3 is 2.71 bits per heavy atom. The standard InChI is InChI=1S/C19H15NO4/c1-22-15-7-6-14-16(18(15)23-2)19(21)24-17(14)13-5-3-4-11-10-20-9-8-12(11)13/h3-10,17H,1-2H3. The van der Waals surface area contributed by atoms with Crippen LogP contribution in [0, 0.1) is 0 Å². The topological polar surface area (TPSA) is 57.7 Å². The zero-order valence-electron chi connectivity index (χ0n) is 13.3. The van der Waals surface area contributed by atoms with Crippen molar-refractivity contribution in [2.75, 3.05) is 14.2 Å². The van der Waals surface area contributed by atoms with Gasteiger partial charge in [-0.25, -0.2) is 4.79 Å². The second-order valence-corrected chi connectivity index (χ2v) is 5.49. The predicted octanol–water partition coefficient (Wildman–Crippen LogP) is 3.51. The number of rotatable bonds is 3. The van der Waals surface area contributed by atoms with Crippen LogP contribution in [0.3, 0.4) is 0 Å². The first-order valence-corrected chi connectivity index (χ1v) is 7.53. The SMILES string of the molecule is COc1ccc2c(c1OC)C(=O)OC2c1cccc2cnccc12. The van der Waals surface area contributed by atoms with Gasteiger partial charge in [0.1, 0.15) is 5.56 Å². The van der Waals surface area contributed by atoms with E-state index in [0.29, 0.717) is 17.1 Å². The summed E-state index contributed by atoms with van der Waals surface area (Å²) < 4.78 is 16.3. The molecule has 5 nitrogen and oxygen atoms in total. The van der Waals surface area contributed by atoms with Crippen LogP contribution >= 0.6 is 0 Å². The summed E-state index contributed by atoms with van der Waals surface area (Å²) in [4.78, 5) is 16.6. The number of aromatic nitrogens is 1. The number of benzene rings is 2. The van der Waals surface area contributed by atoms with Crippen molar-refractivity contribution in [3.8, 4) is 11.5 Å². The lowest BCUT2D eigenvalue weighted by Crippen LogP contribution is -2.01. The Hall–Kier alpha value is -3.08. The fourth-order valence-electron chi connectivity index (χ4n) is 3.21. The van der Waals surface area contributed by atoms with Crippen LogP contribution in [0.1, 0.15) is 27.6 Å². The smallest absolute Gasteiger partial charge is 0.343 e. The molecule has 1 aromatic heterocycles. The molecule has 1 unspecified atom stereocenters. The van der Waals surface area contributed by atoms with E-state index in [4.69, 9.17) is 14.2 Å². The van der Waals surface area contributed by atoms with Gasteiger partial charge in [-0.3, -0.25) is 4.98 Å². The third-order valence-corrected chi connectivity index (χ3v) is 4.29. The minimum Gasteiger partial charge on any atom is -0.493 e. The Kier molecular flexibility index (Phi) is 3.34. The van der Waals surface area contributed by atoms with Crippen LogP contribution in [0.4, 0.5) is 0 Å². The third kappa shape index (κ3) is 2.01. The normalized spacial score (nSPS) is 15.9. The van der Waals surface area contributed by atoms with Crippen LogP contribution in [-0.4, -0.2) is 25.2 Å². The van der Waals surface area contributed by atoms with Gasteiger partial charge in [-0.1, -0.05) is 24.3 Å². The molecule has 0 N–H and O–H groups in total. The van der Waals surface area contributed by atoms with Crippen molar-refractivity contribution in [2.45, 2.75) is 6.10 Å². The minimum absolute atomic E-state index is 0.406. The van der Waals surface area contributed by atoms with Crippen LogP contribution in [0.15, 0.2) is 48.8 Å². The highest BCUT2D eigenvalue weighted by molar-refractivity contribution is 5.99. The summed E-state index contributed by atoms with van der Waals surface area (Å²) in [6.45, 7) is 0. The number of nitrogens with zero attached hydrogens (tertiary/aromatic N) is 1. The van der Waals surface area contributed by atoms with Gasteiger partial charge in [0.05, 0.1) is 14.2 Å². The lowest BCUT2D eigenvalue weighted by atomic mass is 9.95. The fraction of sp³-hybridized carbons (Fsp3) is 0.158. The lowest BCUT2D eigenvalue weighted by Gasteiger charge is -2.14. The number of hydrogen-bond acceptors (Lipinski definition) is 5. The fourth-order valence-corrected chi connectivity index (χ4v) is 3.21. The first-order valence-electron chi connectivity index (χ1n) is 7.53. The number of carbonyl (C=O) groups excluding carboxylic acids is 1. The molecule has 120 valence electrons. The van der Waals surface area contributed by atoms with Gasteiger partial charge in [-0.15, -0.1) is 0 Å². The van der Waals surface area contributed by atoms with E-state index < -0.39 is 12.1 Å². The largest absolute Gasteiger partial charge is 0.493 e. The number of pyridine rings is 1. The molecule has 0 amide bonds. The second-order valence-electron chi connectivity index (χ2n) is 5.49. The first-order chi connectivity index (χ1) is 11.7. The van der Waals surface area contributed by atoms with Gasteiger partial charge in [0.15, 0.2) is 17.6 Å². The van der Waals surface area contributed by atoms with Crippen molar-refractivity contribution >= 4 is 16.7 Å². The van der Waals surface area contributed by atoms with Crippen molar-refractivity contribution in [1.29, 1.82) is 0 Å². The summed E-state index contributed by atoms with van der Waals surface area (Å²) in [5.74, 6) is 0.511. The van der Waals surface area contributed by atoms with Crippen molar-refractivity contribution in [3.05, 3.63) is 65.5 Å². The highest BCUT2D eigenvalue weighted by atomic mass is 16.6. The molecule has 3 aromatic rings. The average Bonchev–Trinajstić information content (AvgIpc) is 2.97. The summed E-state index contributed by atoms with van der Waals surface area (Å²) >= 11 is 0. The number of cyclic esters (lactones) is 1. The molecule has 0 spiro atoms. The number of ether oxygens (including phenoxy) is 3.